The van der Waals surface area contributed by atoms with Gasteiger partial charge < -0.3 is 11.1 Å². The molecule has 2 aromatic rings. The Morgan fingerprint density at radius 3 is 2.82 bits per heavy atom. The minimum atomic E-state index is -0.0888. The Morgan fingerprint density at radius 2 is 2.24 bits per heavy atom. The lowest BCUT2D eigenvalue weighted by molar-refractivity contribution is 0.0958. The lowest BCUT2D eigenvalue weighted by Gasteiger charge is -2.05. The molecule has 0 aromatic carbocycles. The van der Waals surface area contributed by atoms with E-state index >= 15 is 0 Å². The molecular weight excluding hydrogens is 252 g/mol. The number of nitrogens with two attached hydrogens (primary N) is 1. The van der Waals surface area contributed by atoms with Crippen molar-refractivity contribution < 1.29 is 4.79 Å². The van der Waals surface area contributed by atoms with E-state index in [0.29, 0.717) is 17.1 Å². The van der Waals surface area contributed by atoms with Gasteiger partial charge in [-0.1, -0.05) is 0 Å². The van der Waals surface area contributed by atoms with Gasteiger partial charge in [0.05, 0.1) is 10.6 Å². The Kier molecular flexibility index (Phi) is 3.49. The third kappa shape index (κ3) is 2.21. The fourth-order valence-corrected chi connectivity index (χ4v) is 3.50. The van der Waals surface area contributed by atoms with Crippen molar-refractivity contribution in [3.8, 4) is 10.4 Å². The van der Waals surface area contributed by atoms with Crippen LogP contribution >= 0.6 is 22.7 Å². The van der Waals surface area contributed by atoms with Gasteiger partial charge in [-0.25, -0.2) is 0 Å². The molecule has 0 aliphatic rings. The van der Waals surface area contributed by atoms with Crippen molar-refractivity contribution in [1.82, 2.24) is 5.32 Å². The molecule has 0 atom stereocenters. The number of hydrogen-bond acceptors (Lipinski definition) is 4. The number of rotatable bonds is 3. The summed E-state index contributed by atoms with van der Waals surface area (Å²) in [5, 5.41) is 7.37. The van der Waals surface area contributed by atoms with E-state index in [1.54, 1.807) is 11.3 Å². The van der Waals surface area contributed by atoms with Gasteiger partial charge in [0, 0.05) is 22.4 Å². The molecule has 0 saturated carbocycles. The number of amides is 1. The topological polar surface area (TPSA) is 55.1 Å². The second-order valence-electron chi connectivity index (χ2n) is 3.68. The van der Waals surface area contributed by atoms with E-state index in [2.05, 4.69) is 11.4 Å². The highest BCUT2D eigenvalue weighted by molar-refractivity contribution is 7.16. The Labute approximate surface area is 108 Å². The van der Waals surface area contributed by atoms with Gasteiger partial charge in [0.25, 0.3) is 5.91 Å². The first-order chi connectivity index (χ1) is 8.15. The maximum absolute atomic E-state index is 12.0. The van der Waals surface area contributed by atoms with Crippen LogP contribution in [0.25, 0.3) is 10.4 Å². The molecule has 0 fully saturated rings. The predicted octanol–water partition coefficient (Wildman–Crippen LogP) is 3.12. The summed E-state index contributed by atoms with van der Waals surface area (Å²) in [7, 11) is 0. The van der Waals surface area contributed by atoms with Crippen LogP contribution < -0.4 is 11.1 Å². The molecule has 0 saturated heterocycles. The molecule has 2 heterocycles. The smallest absolute Gasteiger partial charge is 0.254 e. The average Bonchev–Trinajstić information content (AvgIpc) is 2.84. The molecule has 0 aliphatic heterocycles. The number of hydrogen-bond donors (Lipinski definition) is 2. The van der Waals surface area contributed by atoms with Crippen LogP contribution in [0.5, 0.6) is 0 Å². The van der Waals surface area contributed by atoms with E-state index in [1.807, 2.05) is 24.6 Å². The molecule has 2 aromatic heterocycles. The first kappa shape index (κ1) is 12.1. The third-order valence-corrected chi connectivity index (χ3v) is 4.35. The summed E-state index contributed by atoms with van der Waals surface area (Å²) < 4.78 is 0. The molecule has 0 unspecified atom stereocenters. The lowest BCUT2D eigenvalue weighted by Crippen LogP contribution is -2.23. The van der Waals surface area contributed by atoms with Gasteiger partial charge in [-0.3, -0.25) is 4.79 Å². The highest BCUT2D eigenvalue weighted by atomic mass is 32.1. The van der Waals surface area contributed by atoms with Gasteiger partial charge >= 0.3 is 0 Å². The molecule has 17 heavy (non-hydrogen) atoms. The van der Waals surface area contributed by atoms with Crippen LogP contribution in [0.4, 0.5) is 5.00 Å². The zero-order valence-electron chi connectivity index (χ0n) is 9.74. The molecule has 3 N–H and O–H groups in total. The largest absolute Gasteiger partial charge is 0.390 e. The van der Waals surface area contributed by atoms with Crippen molar-refractivity contribution in [3.63, 3.8) is 0 Å². The average molecular weight is 266 g/mol. The summed E-state index contributed by atoms with van der Waals surface area (Å²) in [4.78, 5) is 13.1. The van der Waals surface area contributed by atoms with Gasteiger partial charge in [0.15, 0.2) is 0 Å². The van der Waals surface area contributed by atoms with Crippen LogP contribution in [0.3, 0.4) is 0 Å². The van der Waals surface area contributed by atoms with E-state index in [-0.39, 0.29) is 5.91 Å². The van der Waals surface area contributed by atoms with Crippen molar-refractivity contribution in [2.24, 2.45) is 0 Å². The van der Waals surface area contributed by atoms with Gasteiger partial charge in [-0.15, -0.1) is 22.7 Å². The van der Waals surface area contributed by atoms with Crippen molar-refractivity contribution in [1.29, 1.82) is 0 Å². The van der Waals surface area contributed by atoms with E-state index < -0.39 is 0 Å². The fraction of sp³-hybridized carbons (Fsp3) is 0.250. The van der Waals surface area contributed by atoms with E-state index in [0.717, 1.165) is 10.4 Å². The maximum Gasteiger partial charge on any atom is 0.254 e. The van der Waals surface area contributed by atoms with Crippen LogP contribution in [0.15, 0.2) is 16.8 Å². The van der Waals surface area contributed by atoms with Gasteiger partial charge in [-0.2, -0.15) is 0 Å². The Balaban J connectivity index is 2.50. The molecule has 0 radical (unpaired) electrons. The summed E-state index contributed by atoms with van der Waals surface area (Å²) in [6.07, 6.45) is 0. The molecule has 1 amide bonds. The second kappa shape index (κ2) is 4.89. The van der Waals surface area contributed by atoms with Gasteiger partial charge in [-0.05, 0) is 30.9 Å². The Hall–Kier alpha value is -1.33. The van der Waals surface area contributed by atoms with Crippen LogP contribution in [-0.2, 0) is 0 Å². The first-order valence-electron chi connectivity index (χ1n) is 5.34. The van der Waals surface area contributed by atoms with E-state index in [9.17, 15) is 4.79 Å². The molecule has 0 aliphatic carbocycles. The minimum Gasteiger partial charge on any atom is -0.390 e. The third-order valence-electron chi connectivity index (χ3n) is 2.49. The Bertz CT molecular complexity index is 542. The Morgan fingerprint density at radius 1 is 1.47 bits per heavy atom. The van der Waals surface area contributed by atoms with E-state index in [1.165, 1.54) is 16.9 Å². The fourth-order valence-electron chi connectivity index (χ4n) is 1.67. The molecule has 90 valence electrons. The first-order valence-corrected chi connectivity index (χ1v) is 7.10. The molecular formula is C12H14N2OS2. The number of anilines is 1. The van der Waals surface area contributed by atoms with E-state index in [4.69, 9.17) is 5.73 Å². The van der Waals surface area contributed by atoms with Crippen molar-refractivity contribution in [3.05, 3.63) is 28.0 Å². The van der Waals surface area contributed by atoms with Crippen LogP contribution in [0.1, 0.15) is 22.8 Å². The zero-order chi connectivity index (χ0) is 12.4. The van der Waals surface area contributed by atoms with Crippen LogP contribution in [-0.4, -0.2) is 12.5 Å². The summed E-state index contributed by atoms with van der Waals surface area (Å²) in [5.41, 5.74) is 8.63. The summed E-state index contributed by atoms with van der Waals surface area (Å²) in [6.45, 7) is 4.55. The zero-order valence-corrected chi connectivity index (χ0v) is 11.4. The van der Waals surface area contributed by atoms with Crippen molar-refractivity contribution in [2.45, 2.75) is 13.8 Å². The predicted molar refractivity (Wildman–Crippen MR) is 74.8 cm³/mol. The quantitative estimate of drug-likeness (QED) is 0.896. The molecule has 3 nitrogen and oxygen atoms in total. The van der Waals surface area contributed by atoms with Gasteiger partial charge in [0.2, 0.25) is 0 Å². The standard InChI is InChI=1S/C12H14N2OS2/c1-3-14-12(15)9-8(6-17-11(9)13)10-7(2)4-5-16-10/h4-6H,3,13H2,1-2H3,(H,14,15). The highest BCUT2D eigenvalue weighted by Crippen LogP contribution is 2.37. The van der Waals surface area contributed by atoms with Crippen molar-refractivity contribution in [2.75, 3.05) is 12.3 Å². The number of nitrogens with one attached hydrogen (secondary N) is 1. The summed E-state index contributed by atoms with van der Waals surface area (Å²) in [6, 6.07) is 2.05. The minimum absolute atomic E-state index is 0.0888. The number of nitrogen functional groups attached to an aromatic ring is 1. The number of thiophene rings is 2. The number of aryl methyl sites for hydroxylation is 1. The molecule has 0 bridgehead atoms. The SMILES string of the molecule is CCNC(=O)c1c(-c2sccc2C)csc1N. The van der Waals surface area contributed by atoms with Crippen LogP contribution in [0, 0.1) is 6.92 Å². The number of carbonyl (C=O) groups excluding carboxylic acids is 1. The lowest BCUT2D eigenvalue weighted by atomic mass is 10.1. The normalized spacial score (nSPS) is 10.5. The highest BCUT2D eigenvalue weighted by Gasteiger charge is 2.19. The summed E-state index contributed by atoms with van der Waals surface area (Å²) in [5.74, 6) is -0.0888. The summed E-state index contributed by atoms with van der Waals surface area (Å²) >= 11 is 3.05. The molecule has 0 spiro atoms. The van der Waals surface area contributed by atoms with Crippen molar-refractivity contribution >= 4 is 33.6 Å². The van der Waals surface area contributed by atoms with Crippen LogP contribution in [0.2, 0.25) is 0 Å². The second-order valence-corrected chi connectivity index (χ2v) is 5.51. The van der Waals surface area contributed by atoms with Gasteiger partial charge in [0.1, 0.15) is 0 Å². The maximum atomic E-state index is 12.0. The molecule has 2 rings (SSSR count). The number of carbonyl (C=O) groups is 1. The monoisotopic (exact) mass is 266 g/mol. The molecule has 5 heteroatoms.